The largest absolute Gasteiger partial charge is 0.469 e. The zero-order valence-electron chi connectivity index (χ0n) is 14.8. The van der Waals surface area contributed by atoms with E-state index < -0.39 is 0 Å². The topological polar surface area (TPSA) is 26.3 Å². The molecule has 1 unspecified atom stereocenters. The van der Waals surface area contributed by atoms with Crippen LogP contribution in [0.1, 0.15) is 104 Å². The second kappa shape index (κ2) is 15.9. The quantitative estimate of drug-likeness (QED) is 0.263. The molecule has 0 aliphatic carbocycles. The summed E-state index contributed by atoms with van der Waals surface area (Å²) in [4.78, 5) is 10.9. The van der Waals surface area contributed by atoms with Crippen LogP contribution < -0.4 is 0 Å². The van der Waals surface area contributed by atoms with Gasteiger partial charge in [0.15, 0.2) is 0 Å². The van der Waals surface area contributed by atoms with Crippen LogP contribution in [0.25, 0.3) is 0 Å². The molecule has 2 heteroatoms. The number of hydrogen-bond donors (Lipinski definition) is 0. The molecule has 0 aromatic carbocycles. The van der Waals surface area contributed by atoms with Crippen molar-refractivity contribution in [3.05, 3.63) is 0 Å². The zero-order chi connectivity index (χ0) is 15.8. The summed E-state index contributed by atoms with van der Waals surface area (Å²) >= 11 is 0. The van der Waals surface area contributed by atoms with Gasteiger partial charge in [0, 0.05) is 6.42 Å². The number of rotatable bonds is 15. The minimum absolute atomic E-state index is 0.0667. The second-order valence-corrected chi connectivity index (χ2v) is 6.54. The number of unbranched alkanes of at least 4 members (excludes halogenated alkanes) is 9. The van der Waals surface area contributed by atoms with Crippen LogP contribution in [0.2, 0.25) is 0 Å². The van der Waals surface area contributed by atoms with Crippen LogP contribution in [0, 0.1) is 5.92 Å². The SMILES string of the molecule is CCCCCCC(C)CCCCCCCCCC(=O)OC. The summed E-state index contributed by atoms with van der Waals surface area (Å²) in [6.07, 6.45) is 17.9. The molecule has 0 heterocycles. The van der Waals surface area contributed by atoms with Gasteiger partial charge in [0.2, 0.25) is 0 Å². The Morgan fingerprint density at radius 1 is 0.810 bits per heavy atom. The highest BCUT2D eigenvalue weighted by Gasteiger charge is 2.02. The lowest BCUT2D eigenvalue weighted by molar-refractivity contribution is -0.140. The maximum Gasteiger partial charge on any atom is 0.305 e. The molecule has 0 aromatic rings. The van der Waals surface area contributed by atoms with E-state index in [1.165, 1.54) is 84.2 Å². The Kier molecular flexibility index (Phi) is 15.5. The second-order valence-electron chi connectivity index (χ2n) is 6.54. The lowest BCUT2D eigenvalue weighted by atomic mass is 9.96. The zero-order valence-corrected chi connectivity index (χ0v) is 14.8. The maximum atomic E-state index is 10.9. The minimum Gasteiger partial charge on any atom is -0.469 e. The Morgan fingerprint density at radius 2 is 1.29 bits per heavy atom. The van der Waals surface area contributed by atoms with Crippen LogP contribution in [0.4, 0.5) is 0 Å². The summed E-state index contributed by atoms with van der Waals surface area (Å²) in [6.45, 7) is 4.69. The van der Waals surface area contributed by atoms with E-state index in [1.807, 2.05) is 0 Å². The fourth-order valence-corrected chi connectivity index (χ4v) is 2.81. The molecule has 0 radical (unpaired) electrons. The third-order valence-electron chi connectivity index (χ3n) is 4.36. The summed E-state index contributed by atoms with van der Waals surface area (Å²) < 4.78 is 4.63. The average molecular weight is 299 g/mol. The summed E-state index contributed by atoms with van der Waals surface area (Å²) in [5.74, 6) is 0.852. The number of carbonyl (C=O) groups excluding carboxylic acids is 1. The molecule has 0 fully saturated rings. The Hall–Kier alpha value is -0.530. The van der Waals surface area contributed by atoms with Crippen molar-refractivity contribution >= 4 is 5.97 Å². The predicted molar refractivity (Wildman–Crippen MR) is 91.5 cm³/mol. The molecular weight excluding hydrogens is 260 g/mol. The van der Waals surface area contributed by atoms with Gasteiger partial charge in [-0.1, -0.05) is 90.9 Å². The van der Waals surface area contributed by atoms with Gasteiger partial charge in [-0.05, 0) is 12.3 Å². The predicted octanol–water partition coefficient (Wildman–Crippen LogP) is 6.28. The molecule has 2 nitrogen and oxygen atoms in total. The van der Waals surface area contributed by atoms with Gasteiger partial charge in [-0.25, -0.2) is 0 Å². The lowest BCUT2D eigenvalue weighted by Gasteiger charge is -2.10. The molecule has 0 saturated carbocycles. The van der Waals surface area contributed by atoms with Gasteiger partial charge in [0.1, 0.15) is 0 Å². The van der Waals surface area contributed by atoms with E-state index in [-0.39, 0.29) is 5.97 Å². The summed E-state index contributed by atoms with van der Waals surface area (Å²) in [7, 11) is 1.47. The van der Waals surface area contributed by atoms with E-state index in [0.717, 1.165) is 12.3 Å². The first-order valence-corrected chi connectivity index (χ1v) is 9.27. The molecule has 21 heavy (non-hydrogen) atoms. The number of esters is 1. The molecule has 0 bridgehead atoms. The molecule has 0 aliphatic rings. The van der Waals surface area contributed by atoms with Crippen molar-refractivity contribution in [2.45, 2.75) is 104 Å². The highest BCUT2D eigenvalue weighted by molar-refractivity contribution is 5.68. The molecule has 126 valence electrons. The first kappa shape index (κ1) is 20.5. The number of carbonyl (C=O) groups is 1. The average Bonchev–Trinajstić information content (AvgIpc) is 2.49. The highest BCUT2D eigenvalue weighted by atomic mass is 16.5. The van der Waals surface area contributed by atoms with Gasteiger partial charge >= 0.3 is 5.97 Å². The normalized spacial score (nSPS) is 12.3. The molecular formula is C19H38O2. The first-order chi connectivity index (χ1) is 10.2. The Morgan fingerprint density at radius 3 is 1.81 bits per heavy atom. The maximum absolute atomic E-state index is 10.9. The van der Waals surface area contributed by atoms with Crippen molar-refractivity contribution in [2.24, 2.45) is 5.92 Å². The van der Waals surface area contributed by atoms with Crippen molar-refractivity contribution in [3.8, 4) is 0 Å². The fraction of sp³-hybridized carbons (Fsp3) is 0.947. The van der Waals surface area contributed by atoms with Gasteiger partial charge in [-0.2, -0.15) is 0 Å². The molecule has 0 amide bonds. The molecule has 0 spiro atoms. The van der Waals surface area contributed by atoms with Gasteiger partial charge in [0.05, 0.1) is 7.11 Å². The van der Waals surface area contributed by atoms with Gasteiger partial charge in [0.25, 0.3) is 0 Å². The molecule has 0 aliphatic heterocycles. The Labute approximate surface area is 133 Å². The Balaban J connectivity index is 3.15. The van der Waals surface area contributed by atoms with Crippen molar-refractivity contribution in [3.63, 3.8) is 0 Å². The van der Waals surface area contributed by atoms with Crippen LogP contribution in [0.3, 0.4) is 0 Å². The molecule has 0 N–H and O–H groups in total. The fourth-order valence-electron chi connectivity index (χ4n) is 2.81. The van der Waals surface area contributed by atoms with Gasteiger partial charge in [-0.3, -0.25) is 4.79 Å². The van der Waals surface area contributed by atoms with Crippen molar-refractivity contribution in [2.75, 3.05) is 7.11 Å². The van der Waals surface area contributed by atoms with E-state index in [2.05, 4.69) is 18.6 Å². The smallest absolute Gasteiger partial charge is 0.305 e. The van der Waals surface area contributed by atoms with Crippen molar-refractivity contribution in [1.82, 2.24) is 0 Å². The van der Waals surface area contributed by atoms with Crippen LogP contribution in [-0.2, 0) is 9.53 Å². The van der Waals surface area contributed by atoms with Gasteiger partial charge in [-0.15, -0.1) is 0 Å². The Bertz CT molecular complexity index is 226. The van der Waals surface area contributed by atoms with Crippen LogP contribution in [0.5, 0.6) is 0 Å². The van der Waals surface area contributed by atoms with E-state index in [0.29, 0.717) is 6.42 Å². The van der Waals surface area contributed by atoms with Gasteiger partial charge < -0.3 is 4.74 Å². The van der Waals surface area contributed by atoms with Crippen LogP contribution in [-0.4, -0.2) is 13.1 Å². The van der Waals surface area contributed by atoms with Crippen molar-refractivity contribution in [1.29, 1.82) is 0 Å². The van der Waals surface area contributed by atoms with E-state index >= 15 is 0 Å². The summed E-state index contributed by atoms with van der Waals surface area (Å²) in [6, 6.07) is 0. The lowest BCUT2D eigenvalue weighted by Crippen LogP contribution is -1.99. The van der Waals surface area contributed by atoms with E-state index in [9.17, 15) is 4.79 Å². The minimum atomic E-state index is -0.0667. The molecule has 0 aromatic heterocycles. The standard InChI is InChI=1S/C19H38O2/c1-4-5-6-12-15-18(2)16-13-10-8-7-9-11-14-17-19(20)21-3/h18H,4-17H2,1-3H3. The molecule has 0 rings (SSSR count). The third-order valence-corrected chi connectivity index (χ3v) is 4.36. The van der Waals surface area contributed by atoms with Crippen LogP contribution >= 0.6 is 0 Å². The number of hydrogen-bond acceptors (Lipinski definition) is 2. The van der Waals surface area contributed by atoms with E-state index in [4.69, 9.17) is 0 Å². The summed E-state index contributed by atoms with van der Waals surface area (Å²) in [5.41, 5.74) is 0. The number of methoxy groups -OCH3 is 1. The van der Waals surface area contributed by atoms with Crippen LogP contribution in [0.15, 0.2) is 0 Å². The number of ether oxygens (including phenoxy) is 1. The van der Waals surface area contributed by atoms with E-state index in [1.54, 1.807) is 0 Å². The van der Waals surface area contributed by atoms with Crippen molar-refractivity contribution < 1.29 is 9.53 Å². The molecule has 0 saturated heterocycles. The molecule has 1 atom stereocenters. The monoisotopic (exact) mass is 298 g/mol. The first-order valence-electron chi connectivity index (χ1n) is 9.27. The summed E-state index contributed by atoms with van der Waals surface area (Å²) in [5, 5.41) is 0. The highest BCUT2D eigenvalue weighted by Crippen LogP contribution is 2.18. The third kappa shape index (κ3) is 15.7.